The number of hydrogen-bond acceptors (Lipinski definition) is 5. The molecule has 156 valence electrons. The number of aromatic nitrogens is 3. The Hall–Kier alpha value is -2.55. The summed E-state index contributed by atoms with van der Waals surface area (Å²) in [6.45, 7) is 1.80. The van der Waals surface area contributed by atoms with E-state index in [0.29, 0.717) is 26.6 Å². The van der Waals surface area contributed by atoms with Gasteiger partial charge in [0, 0.05) is 18.3 Å². The van der Waals surface area contributed by atoms with Crippen molar-refractivity contribution in [2.45, 2.75) is 18.1 Å². The lowest BCUT2D eigenvalue weighted by Gasteiger charge is -2.14. The average Bonchev–Trinajstić information content (AvgIpc) is 3.09. The van der Waals surface area contributed by atoms with Crippen LogP contribution in [0.2, 0.25) is 10.0 Å². The Morgan fingerprint density at radius 2 is 1.83 bits per heavy atom. The fourth-order valence-electron chi connectivity index (χ4n) is 2.66. The highest BCUT2D eigenvalue weighted by atomic mass is 35.5. The molecule has 0 spiro atoms. The Morgan fingerprint density at radius 3 is 2.53 bits per heavy atom. The molecule has 10 heteroatoms. The van der Waals surface area contributed by atoms with Crippen LogP contribution in [0.3, 0.4) is 0 Å². The monoisotopic (exact) mass is 463 g/mol. The normalized spacial score (nSPS) is 11.7. The smallest absolute Gasteiger partial charge is 0.251 e. The summed E-state index contributed by atoms with van der Waals surface area (Å²) in [6.07, 6.45) is 0. The molecule has 1 heterocycles. The van der Waals surface area contributed by atoms with Gasteiger partial charge in [-0.3, -0.25) is 9.59 Å². The first-order valence-corrected chi connectivity index (χ1v) is 10.7. The van der Waals surface area contributed by atoms with E-state index in [-0.39, 0.29) is 17.6 Å². The molecule has 3 rings (SSSR count). The van der Waals surface area contributed by atoms with E-state index < -0.39 is 6.04 Å². The third-order valence-corrected chi connectivity index (χ3v) is 5.93. The van der Waals surface area contributed by atoms with Crippen LogP contribution < -0.4 is 10.6 Å². The van der Waals surface area contributed by atoms with Gasteiger partial charge in [-0.15, -0.1) is 10.2 Å². The standard InChI is InChI=1S/C20H19Cl2N5O2S/c1-12(23-19(29)13-8-9-15(21)16(22)10-13)18-25-26-20(27(18)2)30-11-17(28)24-14-6-4-3-5-7-14/h3-10,12H,11H2,1-2H3,(H,23,29)(H,24,28)/t12-/m0/s1. The molecule has 1 atom stereocenters. The molecule has 0 saturated carbocycles. The molecule has 0 bridgehead atoms. The molecule has 1 aromatic heterocycles. The van der Waals surface area contributed by atoms with Crippen molar-refractivity contribution in [1.82, 2.24) is 20.1 Å². The van der Waals surface area contributed by atoms with Gasteiger partial charge in [-0.2, -0.15) is 0 Å². The third kappa shape index (κ3) is 5.53. The van der Waals surface area contributed by atoms with Crippen molar-refractivity contribution in [2.75, 3.05) is 11.1 Å². The number of rotatable bonds is 7. The summed E-state index contributed by atoms with van der Waals surface area (Å²) in [5, 5.41) is 15.2. The van der Waals surface area contributed by atoms with Gasteiger partial charge in [-0.05, 0) is 37.3 Å². The van der Waals surface area contributed by atoms with Crippen LogP contribution in [0.25, 0.3) is 0 Å². The molecule has 0 aliphatic heterocycles. The number of amides is 2. The molecule has 2 N–H and O–H groups in total. The summed E-state index contributed by atoms with van der Waals surface area (Å²) in [7, 11) is 1.79. The maximum Gasteiger partial charge on any atom is 0.251 e. The SMILES string of the molecule is C[C@H](NC(=O)c1ccc(Cl)c(Cl)c1)c1nnc(SCC(=O)Nc2ccccc2)n1C. The summed E-state index contributed by atoms with van der Waals surface area (Å²) >= 11 is 13.1. The van der Waals surface area contributed by atoms with Crippen LogP contribution >= 0.6 is 35.0 Å². The molecular weight excluding hydrogens is 445 g/mol. The molecule has 0 fully saturated rings. The average molecular weight is 464 g/mol. The second kappa shape index (κ2) is 9.97. The molecule has 0 aliphatic rings. The van der Waals surface area contributed by atoms with Gasteiger partial charge in [-0.1, -0.05) is 53.2 Å². The number of nitrogens with one attached hydrogen (secondary N) is 2. The van der Waals surface area contributed by atoms with Crippen LogP contribution in [0.4, 0.5) is 5.69 Å². The maximum absolute atomic E-state index is 12.5. The van der Waals surface area contributed by atoms with Crippen LogP contribution in [-0.2, 0) is 11.8 Å². The van der Waals surface area contributed by atoms with Gasteiger partial charge in [0.15, 0.2) is 11.0 Å². The van der Waals surface area contributed by atoms with E-state index in [9.17, 15) is 9.59 Å². The minimum absolute atomic E-state index is 0.142. The Labute approximate surface area is 188 Å². The quantitative estimate of drug-likeness (QED) is 0.508. The van der Waals surface area contributed by atoms with Crippen LogP contribution in [-0.4, -0.2) is 32.3 Å². The summed E-state index contributed by atoms with van der Waals surface area (Å²) in [4.78, 5) is 24.6. The van der Waals surface area contributed by atoms with Crippen LogP contribution in [0.1, 0.15) is 29.1 Å². The zero-order chi connectivity index (χ0) is 21.7. The van der Waals surface area contributed by atoms with E-state index in [1.54, 1.807) is 30.7 Å². The molecule has 0 radical (unpaired) electrons. The van der Waals surface area contributed by atoms with Crippen LogP contribution in [0, 0.1) is 0 Å². The topological polar surface area (TPSA) is 88.9 Å². The van der Waals surface area contributed by atoms with E-state index in [1.807, 2.05) is 30.3 Å². The lowest BCUT2D eigenvalue weighted by Crippen LogP contribution is -2.28. The largest absolute Gasteiger partial charge is 0.342 e. The molecular formula is C20H19Cl2N5O2S. The summed E-state index contributed by atoms with van der Waals surface area (Å²) < 4.78 is 1.75. The summed E-state index contributed by atoms with van der Waals surface area (Å²) in [5.41, 5.74) is 1.13. The highest BCUT2D eigenvalue weighted by molar-refractivity contribution is 7.99. The minimum Gasteiger partial charge on any atom is -0.342 e. The van der Waals surface area contributed by atoms with Gasteiger partial charge in [0.2, 0.25) is 5.91 Å². The van der Waals surface area contributed by atoms with Gasteiger partial charge in [-0.25, -0.2) is 0 Å². The summed E-state index contributed by atoms with van der Waals surface area (Å²) in [6, 6.07) is 13.5. The van der Waals surface area contributed by atoms with Crippen molar-refractivity contribution in [2.24, 2.45) is 7.05 Å². The predicted octanol–water partition coefficient (Wildman–Crippen LogP) is 4.34. The number of carbonyl (C=O) groups excluding carboxylic acids is 2. The lowest BCUT2D eigenvalue weighted by atomic mass is 10.2. The number of halogens is 2. The maximum atomic E-state index is 12.5. The highest BCUT2D eigenvalue weighted by Gasteiger charge is 2.19. The minimum atomic E-state index is -0.406. The van der Waals surface area contributed by atoms with Crippen LogP contribution in [0.15, 0.2) is 53.7 Å². The number of nitrogens with zero attached hydrogens (tertiary/aromatic N) is 3. The molecule has 30 heavy (non-hydrogen) atoms. The Bertz CT molecular complexity index is 1060. The Balaban J connectivity index is 1.59. The van der Waals surface area contributed by atoms with E-state index in [4.69, 9.17) is 23.2 Å². The first-order chi connectivity index (χ1) is 14.3. The van der Waals surface area contributed by atoms with Crippen molar-refractivity contribution in [1.29, 1.82) is 0 Å². The first kappa shape index (κ1) is 22.1. The van der Waals surface area contributed by atoms with E-state index in [1.165, 1.54) is 17.8 Å². The molecule has 0 aliphatic carbocycles. The van der Waals surface area contributed by atoms with Gasteiger partial charge in [0.05, 0.1) is 21.8 Å². The zero-order valence-corrected chi connectivity index (χ0v) is 18.6. The molecule has 0 saturated heterocycles. The van der Waals surface area contributed by atoms with Crippen LogP contribution in [0.5, 0.6) is 0 Å². The van der Waals surface area contributed by atoms with Gasteiger partial charge in [0.25, 0.3) is 5.91 Å². The van der Waals surface area contributed by atoms with Crippen molar-refractivity contribution in [3.63, 3.8) is 0 Å². The van der Waals surface area contributed by atoms with Gasteiger partial charge < -0.3 is 15.2 Å². The second-order valence-corrected chi connectivity index (χ2v) is 8.18. The molecule has 0 unspecified atom stereocenters. The fourth-order valence-corrected chi connectivity index (χ4v) is 3.68. The highest BCUT2D eigenvalue weighted by Crippen LogP contribution is 2.23. The number of thioether (sulfide) groups is 1. The van der Waals surface area contributed by atoms with E-state index in [2.05, 4.69) is 20.8 Å². The Kier molecular flexibility index (Phi) is 7.36. The van der Waals surface area contributed by atoms with Crippen molar-refractivity contribution in [3.05, 3.63) is 70.0 Å². The number of carbonyl (C=O) groups is 2. The predicted molar refractivity (Wildman–Crippen MR) is 119 cm³/mol. The molecule has 3 aromatic rings. The third-order valence-electron chi connectivity index (χ3n) is 4.18. The molecule has 2 amide bonds. The van der Waals surface area contributed by atoms with Crippen molar-refractivity contribution >= 4 is 52.5 Å². The van der Waals surface area contributed by atoms with Gasteiger partial charge in [0.1, 0.15) is 0 Å². The molecule has 7 nitrogen and oxygen atoms in total. The first-order valence-electron chi connectivity index (χ1n) is 8.98. The fraction of sp³-hybridized carbons (Fsp3) is 0.200. The zero-order valence-electron chi connectivity index (χ0n) is 16.2. The van der Waals surface area contributed by atoms with Crippen molar-refractivity contribution < 1.29 is 9.59 Å². The number of benzene rings is 2. The summed E-state index contributed by atoms with van der Waals surface area (Å²) in [5.74, 6) is 0.303. The molecule has 2 aromatic carbocycles. The lowest BCUT2D eigenvalue weighted by molar-refractivity contribution is -0.113. The number of anilines is 1. The number of para-hydroxylation sites is 1. The van der Waals surface area contributed by atoms with E-state index in [0.717, 1.165) is 5.69 Å². The Morgan fingerprint density at radius 1 is 1.10 bits per heavy atom. The van der Waals surface area contributed by atoms with E-state index >= 15 is 0 Å². The van der Waals surface area contributed by atoms with Crippen molar-refractivity contribution in [3.8, 4) is 0 Å². The second-order valence-electron chi connectivity index (χ2n) is 6.43. The number of hydrogen-bond donors (Lipinski definition) is 2. The van der Waals surface area contributed by atoms with Gasteiger partial charge >= 0.3 is 0 Å².